The first-order valence-electron chi connectivity index (χ1n) is 7.05. The molecule has 0 saturated heterocycles. The zero-order valence-electron chi connectivity index (χ0n) is 13.4. The third kappa shape index (κ3) is 5.79. The smallest absolute Gasteiger partial charge is 0.274 e. The largest absolute Gasteiger partial charge is 0.389 e. The molecule has 7 nitrogen and oxygen atoms in total. The van der Waals surface area contributed by atoms with Crippen molar-refractivity contribution >= 4 is 17.3 Å². The number of rotatable bonds is 7. The number of nitrogens with one attached hydrogen (secondary N) is 1. The summed E-state index contributed by atoms with van der Waals surface area (Å²) >= 11 is 0. The quantitative estimate of drug-likeness (QED) is 0.592. The summed E-state index contributed by atoms with van der Waals surface area (Å²) in [6.45, 7) is 5.96. The molecule has 0 heterocycles. The van der Waals surface area contributed by atoms with Gasteiger partial charge in [0.1, 0.15) is 0 Å². The molecule has 0 saturated carbocycles. The zero-order valence-corrected chi connectivity index (χ0v) is 13.4. The molecule has 0 aliphatic carbocycles. The Labute approximate surface area is 130 Å². The third-order valence-electron chi connectivity index (χ3n) is 3.15. The highest BCUT2D eigenvalue weighted by atomic mass is 16.6. The molecule has 1 aromatic carbocycles. The first-order chi connectivity index (χ1) is 10.1. The Morgan fingerprint density at radius 1 is 1.45 bits per heavy atom. The van der Waals surface area contributed by atoms with Crippen molar-refractivity contribution in [3.8, 4) is 0 Å². The molecule has 0 atom stereocenters. The maximum absolute atomic E-state index is 11.9. The normalized spacial score (nSPS) is 11.5. The number of hydrogen-bond donors (Lipinski definition) is 2. The molecular weight excluding hydrogens is 286 g/mol. The van der Waals surface area contributed by atoms with Crippen molar-refractivity contribution in [2.45, 2.75) is 32.8 Å². The maximum Gasteiger partial charge on any atom is 0.274 e. The SMILES string of the molecule is Cc1c(NC(=O)CCN(C)CC(C)(C)O)cccc1[N+](=O)[O-]. The number of nitro groups is 1. The lowest BCUT2D eigenvalue weighted by molar-refractivity contribution is -0.385. The van der Waals surface area contributed by atoms with Crippen molar-refractivity contribution in [1.82, 2.24) is 4.90 Å². The molecule has 0 unspecified atom stereocenters. The van der Waals surface area contributed by atoms with Gasteiger partial charge >= 0.3 is 0 Å². The molecule has 0 aliphatic heterocycles. The van der Waals surface area contributed by atoms with Crippen LogP contribution < -0.4 is 5.32 Å². The highest BCUT2D eigenvalue weighted by molar-refractivity contribution is 5.92. The lowest BCUT2D eigenvalue weighted by atomic mass is 10.1. The summed E-state index contributed by atoms with van der Waals surface area (Å²) in [5.74, 6) is -0.216. The number of nitrogens with zero attached hydrogens (tertiary/aromatic N) is 2. The first kappa shape index (κ1) is 18.1. The van der Waals surface area contributed by atoms with Crippen LogP contribution in [0.2, 0.25) is 0 Å². The van der Waals surface area contributed by atoms with Crippen molar-refractivity contribution < 1.29 is 14.8 Å². The fourth-order valence-corrected chi connectivity index (χ4v) is 2.20. The monoisotopic (exact) mass is 309 g/mol. The Bertz CT molecular complexity index is 552. The molecule has 0 aromatic heterocycles. The molecular formula is C15H23N3O4. The van der Waals surface area contributed by atoms with Crippen molar-refractivity contribution in [1.29, 1.82) is 0 Å². The van der Waals surface area contributed by atoms with Crippen LogP contribution in [0.25, 0.3) is 0 Å². The molecule has 0 fully saturated rings. The van der Waals surface area contributed by atoms with Gasteiger partial charge in [-0.1, -0.05) is 6.07 Å². The Balaban J connectivity index is 2.59. The van der Waals surface area contributed by atoms with Crippen LogP contribution in [0.4, 0.5) is 11.4 Å². The van der Waals surface area contributed by atoms with E-state index in [-0.39, 0.29) is 18.0 Å². The summed E-state index contributed by atoms with van der Waals surface area (Å²) in [7, 11) is 1.82. The number of likely N-dealkylation sites (N-methyl/N-ethyl adjacent to an activating group) is 1. The predicted octanol–water partition coefficient (Wildman–Crippen LogP) is 1.93. The minimum absolute atomic E-state index is 0.0167. The Hall–Kier alpha value is -1.99. The molecule has 2 N–H and O–H groups in total. The molecule has 0 spiro atoms. The molecule has 122 valence electrons. The van der Waals surface area contributed by atoms with E-state index in [0.717, 1.165) is 0 Å². The Morgan fingerprint density at radius 3 is 2.64 bits per heavy atom. The Morgan fingerprint density at radius 2 is 2.09 bits per heavy atom. The van der Waals surface area contributed by atoms with Crippen molar-refractivity contribution in [2.75, 3.05) is 25.5 Å². The highest BCUT2D eigenvalue weighted by Gasteiger charge is 2.17. The lowest BCUT2D eigenvalue weighted by Gasteiger charge is -2.25. The van der Waals surface area contributed by atoms with Gasteiger partial charge in [-0.05, 0) is 33.9 Å². The van der Waals surface area contributed by atoms with E-state index in [2.05, 4.69) is 5.32 Å². The highest BCUT2D eigenvalue weighted by Crippen LogP contribution is 2.25. The fraction of sp³-hybridized carbons (Fsp3) is 0.533. The van der Waals surface area contributed by atoms with Gasteiger partial charge in [0, 0.05) is 25.6 Å². The molecule has 0 aliphatic rings. The summed E-state index contributed by atoms with van der Waals surface area (Å²) in [5, 5.41) is 23.3. The summed E-state index contributed by atoms with van der Waals surface area (Å²) in [6, 6.07) is 4.59. The topological polar surface area (TPSA) is 95.7 Å². The van der Waals surface area contributed by atoms with Crippen molar-refractivity contribution in [3.63, 3.8) is 0 Å². The first-order valence-corrected chi connectivity index (χ1v) is 7.05. The van der Waals surface area contributed by atoms with Crippen LogP contribution >= 0.6 is 0 Å². The van der Waals surface area contributed by atoms with Crippen LogP contribution in [0.1, 0.15) is 25.8 Å². The molecule has 7 heteroatoms. The molecule has 1 rings (SSSR count). The van der Waals surface area contributed by atoms with E-state index in [0.29, 0.717) is 24.3 Å². The van der Waals surface area contributed by atoms with Gasteiger partial charge in [0.2, 0.25) is 5.91 Å². The van der Waals surface area contributed by atoms with Crippen LogP contribution in [0.15, 0.2) is 18.2 Å². The van der Waals surface area contributed by atoms with Gasteiger partial charge in [0.25, 0.3) is 5.69 Å². The van der Waals surface area contributed by atoms with E-state index in [9.17, 15) is 20.0 Å². The van der Waals surface area contributed by atoms with E-state index in [1.165, 1.54) is 6.07 Å². The second-order valence-electron chi connectivity index (χ2n) is 6.06. The van der Waals surface area contributed by atoms with Gasteiger partial charge in [0.05, 0.1) is 21.8 Å². The summed E-state index contributed by atoms with van der Waals surface area (Å²) in [4.78, 5) is 24.2. The maximum atomic E-state index is 11.9. The zero-order chi connectivity index (χ0) is 16.9. The fourth-order valence-electron chi connectivity index (χ4n) is 2.20. The number of carbonyl (C=O) groups is 1. The number of carbonyl (C=O) groups excluding carboxylic acids is 1. The van der Waals surface area contributed by atoms with Crippen molar-refractivity contribution in [2.24, 2.45) is 0 Å². The van der Waals surface area contributed by atoms with E-state index in [1.807, 2.05) is 11.9 Å². The van der Waals surface area contributed by atoms with E-state index in [4.69, 9.17) is 0 Å². The number of anilines is 1. The molecule has 1 aromatic rings. The number of nitro benzene ring substituents is 1. The molecule has 1 amide bonds. The summed E-state index contributed by atoms with van der Waals surface area (Å²) in [6.07, 6.45) is 0.245. The van der Waals surface area contributed by atoms with E-state index in [1.54, 1.807) is 32.9 Å². The lowest BCUT2D eigenvalue weighted by Crippen LogP contribution is -2.37. The second kappa shape index (κ2) is 7.33. The van der Waals surface area contributed by atoms with Crippen molar-refractivity contribution in [3.05, 3.63) is 33.9 Å². The molecule has 0 bridgehead atoms. The van der Waals surface area contributed by atoms with E-state index >= 15 is 0 Å². The number of hydrogen-bond acceptors (Lipinski definition) is 5. The molecule has 22 heavy (non-hydrogen) atoms. The van der Waals surface area contributed by atoms with Gasteiger partial charge in [-0.25, -0.2) is 0 Å². The van der Waals surface area contributed by atoms with Crippen LogP contribution in [-0.2, 0) is 4.79 Å². The predicted molar refractivity (Wildman–Crippen MR) is 84.9 cm³/mol. The number of benzene rings is 1. The average molecular weight is 309 g/mol. The van der Waals surface area contributed by atoms with E-state index < -0.39 is 10.5 Å². The number of amides is 1. The van der Waals surface area contributed by atoms with Crippen LogP contribution in [0.3, 0.4) is 0 Å². The molecule has 0 radical (unpaired) electrons. The van der Waals surface area contributed by atoms with Crippen LogP contribution in [0, 0.1) is 17.0 Å². The summed E-state index contributed by atoms with van der Waals surface area (Å²) in [5.41, 5.74) is 0.0500. The van der Waals surface area contributed by atoms with Crippen LogP contribution in [-0.4, -0.2) is 46.6 Å². The third-order valence-corrected chi connectivity index (χ3v) is 3.15. The van der Waals surface area contributed by atoms with Gasteiger partial charge in [0.15, 0.2) is 0 Å². The van der Waals surface area contributed by atoms with Gasteiger partial charge in [-0.3, -0.25) is 14.9 Å². The van der Waals surface area contributed by atoms with Gasteiger partial charge in [-0.15, -0.1) is 0 Å². The van der Waals surface area contributed by atoms with Gasteiger partial charge < -0.3 is 15.3 Å². The minimum atomic E-state index is -0.818. The van der Waals surface area contributed by atoms with Gasteiger partial charge in [-0.2, -0.15) is 0 Å². The standard InChI is InChI=1S/C15H23N3O4/c1-11-12(6-5-7-13(11)18(21)22)16-14(19)8-9-17(4)10-15(2,3)20/h5-7,20H,8-10H2,1-4H3,(H,16,19). The average Bonchev–Trinajstić information content (AvgIpc) is 2.36. The number of aliphatic hydroxyl groups is 1. The summed E-state index contributed by atoms with van der Waals surface area (Å²) < 4.78 is 0. The second-order valence-corrected chi connectivity index (χ2v) is 6.06. The Kier molecular flexibility index (Phi) is 6.01. The van der Waals surface area contributed by atoms with Crippen LogP contribution in [0.5, 0.6) is 0 Å². The minimum Gasteiger partial charge on any atom is -0.389 e.